The van der Waals surface area contributed by atoms with Gasteiger partial charge in [-0.15, -0.1) is 11.8 Å². The number of amides is 2. The average molecular weight is 232 g/mol. The van der Waals surface area contributed by atoms with Crippen molar-refractivity contribution in [3.05, 3.63) is 0 Å². The summed E-state index contributed by atoms with van der Waals surface area (Å²) in [6.45, 7) is 2.25. The molecule has 2 N–H and O–H groups in total. The number of carbonyl (C=O) groups excluding carboxylic acids is 2. The van der Waals surface area contributed by atoms with Crippen molar-refractivity contribution in [3.63, 3.8) is 0 Å². The number of thioether (sulfide) groups is 1. The molecule has 1 unspecified atom stereocenters. The molecule has 1 aliphatic heterocycles. The normalized spacial score (nSPS) is 18.0. The third kappa shape index (κ3) is 4.53. The maximum absolute atomic E-state index is 11.3. The number of carbonyl (C=O) groups is 2. The molecule has 1 atom stereocenters. The standard InChI is InChI=1S/C9H16N2O3S/c1-7(12)2-3-10-8(13)4-11-6-15-5-9(11)14/h7,12H,2-6H2,1H3,(H,10,13). The molecule has 0 aromatic heterocycles. The molecule has 2 amide bonds. The zero-order valence-electron chi connectivity index (χ0n) is 8.73. The number of aliphatic hydroxyl groups is 1. The highest BCUT2D eigenvalue weighted by atomic mass is 32.2. The van der Waals surface area contributed by atoms with Gasteiger partial charge in [0.05, 0.1) is 17.7 Å². The number of hydrogen-bond donors (Lipinski definition) is 2. The first-order valence-electron chi connectivity index (χ1n) is 4.90. The molecule has 1 heterocycles. The highest BCUT2D eigenvalue weighted by molar-refractivity contribution is 8.00. The van der Waals surface area contributed by atoms with Gasteiger partial charge in [-0.1, -0.05) is 0 Å². The highest BCUT2D eigenvalue weighted by Crippen LogP contribution is 2.13. The Morgan fingerprint density at radius 1 is 1.73 bits per heavy atom. The number of hydrogen-bond acceptors (Lipinski definition) is 4. The third-order valence-electron chi connectivity index (χ3n) is 2.04. The monoisotopic (exact) mass is 232 g/mol. The fourth-order valence-corrected chi connectivity index (χ4v) is 2.09. The van der Waals surface area contributed by atoms with Crippen LogP contribution in [-0.2, 0) is 9.59 Å². The predicted octanol–water partition coefficient (Wildman–Crippen LogP) is -0.594. The molecule has 1 aliphatic rings. The molecule has 1 rings (SSSR count). The van der Waals surface area contributed by atoms with Crippen LogP contribution in [0, 0.1) is 0 Å². The minimum absolute atomic E-state index is 0.0191. The van der Waals surface area contributed by atoms with E-state index < -0.39 is 6.10 Å². The molecule has 0 aromatic rings. The lowest BCUT2D eigenvalue weighted by atomic mass is 10.3. The van der Waals surface area contributed by atoms with Crippen molar-refractivity contribution in [3.8, 4) is 0 Å². The smallest absolute Gasteiger partial charge is 0.239 e. The van der Waals surface area contributed by atoms with Crippen LogP contribution in [0.2, 0.25) is 0 Å². The van der Waals surface area contributed by atoms with E-state index >= 15 is 0 Å². The molecule has 5 nitrogen and oxygen atoms in total. The third-order valence-corrected chi connectivity index (χ3v) is 2.99. The quantitative estimate of drug-likeness (QED) is 0.664. The molecule has 0 spiro atoms. The van der Waals surface area contributed by atoms with Gasteiger partial charge in [0.15, 0.2) is 0 Å². The Morgan fingerprint density at radius 3 is 3.00 bits per heavy atom. The molecule has 0 aromatic carbocycles. The van der Waals surface area contributed by atoms with Gasteiger partial charge in [0.2, 0.25) is 11.8 Å². The average Bonchev–Trinajstić information content (AvgIpc) is 2.51. The van der Waals surface area contributed by atoms with Crippen molar-refractivity contribution in [2.24, 2.45) is 0 Å². The second-order valence-corrected chi connectivity index (χ2v) is 4.51. The molecule has 6 heteroatoms. The summed E-state index contributed by atoms with van der Waals surface area (Å²) in [5, 5.41) is 11.6. The van der Waals surface area contributed by atoms with Crippen molar-refractivity contribution in [1.29, 1.82) is 0 Å². The van der Waals surface area contributed by atoms with Crippen LogP contribution in [0.3, 0.4) is 0 Å². The maximum Gasteiger partial charge on any atom is 0.239 e. The largest absolute Gasteiger partial charge is 0.393 e. The summed E-state index contributed by atoms with van der Waals surface area (Å²) in [7, 11) is 0. The van der Waals surface area contributed by atoms with E-state index in [9.17, 15) is 9.59 Å². The summed E-state index contributed by atoms with van der Waals surface area (Å²) >= 11 is 1.52. The molecule has 0 aliphatic carbocycles. The second kappa shape index (κ2) is 5.97. The van der Waals surface area contributed by atoms with Crippen LogP contribution in [0.4, 0.5) is 0 Å². The Bertz CT molecular complexity index is 246. The van der Waals surface area contributed by atoms with Gasteiger partial charge in [0.25, 0.3) is 0 Å². The van der Waals surface area contributed by atoms with E-state index in [1.807, 2.05) is 0 Å². The molecular weight excluding hydrogens is 216 g/mol. The van der Waals surface area contributed by atoms with Crippen molar-refractivity contribution in [2.45, 2.75) is 19.4 Å². The van der Waals surface area contributed by atoms with Crippen molar-refractivity contribution in [2.75, 3.05) is 24.7 Å². The van der Waals surface area contributed by atoms with E-state index in [-0.39, 0.29) is 18.4 Å². The number of rotatable bonds is 5. The second-order valence-electron chi connectivity index (χ2n) is 3.56. The zero-order valence-corrected chi connectivity index (χ0v) is 9.55. The molecule has 0 bridgehead atoms. The van der Waals surface area contributed by atoms with Crippen molar-refractivity contribution < 1.29 is 14.7 Å². The summed E-state index contributed by atoms with van der Waals surface area (Å²) < 4.78 is 0. The van der Waals surface area contributed by atoms with Crippen LogP contribution in [0.25, 0.3) is 0 Å². The fraction of sp³-hybridized carbons (Fsp3) is 0.778. The Hall–Kier alpha value is -0.750. The van der Waals surface area contributed by atoms with Crippen LogP contribution in [0.5, 0.6) is 0 Å². The number of nitrogens with zero attached hydrogens (tertiary/aromatic N) is 1. The van der Waals surface area contributed by atoms with E-state index in [0.29, 0.717) is 24.6 Å². The van der Waals surface area contributed by atoms with Gasteiger partial charge in [-0.3, -0.25) is 9.59 Å². The zero-order chi connectivity index (χ0) is 11.3. The van der Waals surface area contributed by atoms with Gasteiger partial charge in [-0.05, 0) is 13.3 Å². The Kier molecular flexibility index (Phi) is 4.90. The predicted molar refractivity (Wildman–Crippen MR) is 58.3 cm³/mol. The summed E-state index contributed by atoms with van der Waals surface area (Å²) in [5.74, 6) is 0.932. The molecule has 86 valence electrons. The summed E-state index contributed by atoms with van der Waals surface area (Å²) in [5.41, 5.74) is 0. The van der Waals surface area contributed by atoms with Gasteiger partial charge in [-0.25, -0.2) is 0 Å². The first-order valence-corrected chi connectivity index (χ1v) is 6.05. The summed E-state index contributed by atoms with van der Waals surface area (Å²) in [4.78, 5) is 24.0. The number of aliphatic hydroxyl groups excluding tert-OH is 1. The fourth-order valence-electron chi connectivity index (χ4n) is 1.19. The highest BCUT2D eigenvalue weighted by Gasteiger charge is 2.22. The van der Waals surface area contributed by atoms with E-state index in [4.69, 9.17) is 5.11 Å². The minimum atomic E-state index is -0.408. The molecular formula is C9H16N2O3S. The molecule has 15 heavy (non-hydrogen) atoms. The Labute approximate surface area is 93.2 Å². The molecule has 0 radical (unpaired) electrons. The van der Waals surface area contributed by atoms with Gasteiger partial charge in [0.1, 0.15) is 6.54 Å². The Morgan fingerprint density at radius 2 is 2.47 bits per heavy atom. The van der Waals surface area contributed by atoms with Gasteiger partial charge in [-0.2, -0.15) is 0 Å². The lowest BCUT2D eigenvalue weighted by Crippen LogP contribution is -2.38. The van der Waals surface area contributed by atoms with E-state index in [0.717, 1.165) is 0 Å². The summed E-state index contributed by atoms with van der Waals surface area (Å²) in [6.07, 6.45) is 0.128. The first-order chi connectivity index (χ1) is 7.09. The van der Waals surface area contributed by atoms with Gasteiger partial charge in [0, 0.05) is 6.54 Å². The lowest BCUT2D eigenvalue weighted by Gasteiger charge is -2.14. The van der Waals surface area contributed by atoms with Crippen molar-refractivity contribution in [1.82, 2.24) is 10.2 Å². The molecule has 1 fully saturated rings. The van der Waals surface area contributed by atoms with Crippen LogP contribution >= 0.6 is 11.8 Å². The lowest BCUT2D eigenvalue weighted by molar-refractivity contribution is -0.132. The van der Waals surface area contributed by atoms with E-state index in [2.05, 4.69) is 5.32 Å². The van der Waals surface area contributed by atoms with E-state index in [1.54, 1.807) is 6.92 Å². The van der Waals surface area contributed by atoms with Crippen LogP contribution < -0.4 is 5.32 Å². The van der Waals surface area contributed by atoms with Gasteiger partial charge < -0.3 is 15.3 Å². The van der Waals surface area contributed by atoms with E-state index in [1.165, 1.54) is 16.7 Å². The van der Waals surface area contributed by atoms with Crippen LogP contribution in [0.1, 0.15) is 13.3 Å². The minimum Gasteiger partial charge on any atom is -0.393 e. The topological polar surface area (TPSA) is 69.6 Å². The van der Waals surface area contributed by atoms with Crippen LogP contribution in [0.15, 0.2) is 0 Å². The SMILES string of the molecule is CC(O)CCNC(=O)CN1CSCC1=O. The first kappa shape index (κ1) is 12.3. The Balaban J connectivity index is 2.15. The van der Waals surface area contributed by atoms with Gasteiger partial charge >= 0.3 is 0 Å². The molecule has 0 saturated carbocycles. The van der Waals surface area contributed by atoms with Crippen LogP contribution in [-0.4, -0.2) is 52.6 Å². The molecule has 1 saturated heterocycles. The number of nitrogens with one attached hydrogen (secondary N) is 1. The van der Waals surface area contributed by atoms with Crippen molar-refractivity contribution >= 4 is 23.6 Å². The maximum atomic E-state index is 11.3. The summed E-state index contributed by atoms with van der Waals surface area (Å²) in [6, 6.07) is 0.